The molecular weight excluding hydrogens is 1780 g/mol. The van der Waals surface area contributed by atoms with Gasteiger partial charge in [0.2, 0.25) is 41.4 Å². The lowest BCUT2D eigenvalue weighted by atomic mass is 10.1. The summed E-state index contributed by atoms with van der Waals surface area (Å²) >= 11 is 0. The molecule has 0 spiro atoms. The molecule has 22 nitrogen and oxygen atoms in total. The molecule has 5 aliphatic rings. The molecule has 0 radical (unpaired) electrons. The Bertz CT molecular complexity index is 5640. The van der Waals surface area contributed by atoms with Crippen LogP contribution in [0, 0.1) is 55.4 Å². The second kappa shape index (κ2) is 65.0. The topological polar surface area (TPSA) is 315 Å². The number of hydrogen-bond donors (Lipinski definition) is 8. The highest BCUT2D eigenvalue weighted by atomic mass is 16.3. The largest absolute Gasteiger partial charge is 0.508 e. The molecule has 5 aliphatic heterocycles. The Labute approximate surface area is 842 Å². The van der Waals surface area contributed by atoms with Crippen molar-refractivity contribution in [3.8, 4) is 34.5 Å². The maximum Gasteiger partial charge on any atom is 0.253 e. The molecule has 0 atom stereocenters. The summed E-state index contributed by atoms with van der Waals surface area (Å²) < 4.78 is 0. The van der Waals surface area contributed by atoms with Crippen LogP contribution < -0.4 is 10.6 Å². The quantitative estimate of drug-likeness (QED) is 0.0110. The minimum atomic E-state index is -0.275. The molecule has 9 amide bonds. The second-order valence-corrected chi connectivity index (χ2v) is 36.5. The van der Waals surface area contributed by atoms with Gasteiger partial charge in [0.15, 0.2) is 0 Å². The maximum absolute atomic E-state index is 12.0. The van der Waals surface area contributed by atoms with Crippen LogP contribution in [-0.2, 0) is 56.0 Å². The van der Waals surface area contributed by atoms with E-state index in [-0.39, 0.29) is 81.8 Å². The summed E-state index contributed by atoms with van der Waals surface area (Å²) in [6, 6.07) is 48.1. The number of aryl methyl sites for hydroxylation is 9. The Morgan fingerprint density at radius 2 is 0.613 bits per heavy atom. The fourth-order valence-corrected chi connectivity index (χ4v) is 15.7. The van der Waals surface area contributed by atoms with Crippen LogP contribution in [-0.4, -0.2) is 174 Å². The number of nitrogens with zero attached hydrogens (tertiary/aromatic N) is 5. The van der Waals surface area contributed by atoms with Crippen molar-refractivity contribution in [2.45, 2.75) is 229 Å². The zero-order valence-electron chi connectivity index (χ0n) is 85.0. The highest BCUT2D eigenvalue weighted by Gasteiger charge is 2.26. The van der Waals surface area contributed by atoms with E-state index in [9.17, 15) is 73.8 Å². The van der Waals surface area contributed by atoms with Gasteiger partial charge in [-0.2, -0.15) is 0 Å². The van der Waals surface area contributed by atoms with Crippen LogP contribution in [0.3, 0.4) is 0 Å². The van der Waals surface area contributed by atoms with Gasteiger partial charge >= 0.3 is 0 Å². The van der Waals surface area contributed by atoms with Gasteiger partial charge in [-0.15, -0.1) is 0 Å². The molecule has 0 saturated carbocycles. The third kappa shape index (κ3) is 45.4. The number of nitrogens with one attached hydrogen (secondary N) is 2. The molecule has 22 heteroatoms. The standard InChI is InChI=1S/C23H39NO.C20H23NO2.C19H21NO2.C15H17NO3.C15H19NO2.C14H15NO3.C14H17NO2/c1-2-3-4-5-6-7-8-9-10-11-12-13-14-15-17-20-23(25)24-21-18-16-19-22-24;1-15-5-7-17(8-6-15)4-3-13-21-20(23)12-10-18-9-11-19(22)16(2)14-18;1-14-3-5-16(6-4-14)11-12-20-19(22)10-8-17-7-9-18(21)15(2)13-17;1-11-10-12(5-7-13(11)17)6-8-15(19)16-9-3-2-4-14(16)18;1-12-11-13(5-7-14(12)17)6-8-15(18)16-9-3-2-4-10-16;1-10-9-11(4-6-12(10)16)5-7-14(18)15-8-2-3-13(15)17;1-11-10-12(4-6-13(11)16)5-7-14(17)15-8-2-3-9-15/h3-4,6-7,9-10H,2,5,8,11-22H2,1H3;5-12,14,22H,3-4,13H2,1-2H3,(H,21,23);3-10,13,21H,11-12H2,1-2H3,(H,20,22);5-8,10,17H,2-4,9H2,1H3;5-8,11,17H,2-4,9-10H2,1H3;4-7,9,16H,2-3,8H2,1H3;4-7,10,16H,2-3,8-9H2,1H3/b;12-10+;10-8+;2*8-6+;2*7-5+. The van der Waals surface area contributed by atoms with E-state index in [0.29, 0.717) is 44.9 Å². The summed E-state index contributed by atoms with van der Waals surface area (Å²) in [6.45, 7) is 25.0. The normalized spacial score (nSPS) is 14.3. The number of imide groups is 2. The van der Waals surface area contributed by atoms with Crippen LogP contribution in [0.2, 0.25) is 0 Å². The zero-order valence-corrected chi connectivity index (χ0v) is 85.0. The second-order valence-electron chi connectivity index (χ2n) is 36.5. The van der Waals surface area contributed by atoms with E-state index in [4.69, 9.17) is 0 Å². The number of likely N-dealkylation sites (tertiary alicyclic amines) is 5. The SMILES string of the molecule is CCC=CCC=CCC=CCCCCCCCC(=O)N1CCCCC1.Cc1cc(/C=C/C(=O)N2CCCC2)ccc1O.Cc1cc(/C=C/C(=O)N2CCCC2=O)ccc1O.Cc1cc(/C=C/C(=O)N2CCCCC2)ccc1O.Cc1cc(/C=C/C(=O)N2CCCCC2=O)ccc1O.Cc1ccc(CCCNC(=O)/C=C/c2ccc(O)c(C)c2)cc1.Cc1ccc(CCNC(=O)/C=C/c2ccc(O)c(C)c2)cc1. The number of rotatable bonds is 32. The minimum Gasteiger partial charge on any atom is -0.508 e. The number of phenols is 6. The number of piperidine rings is 3. The first-order valence-electron chi connectivity index (χ1n) is 50.4. The summed E-state index contributed by atoms with van der Waals surface area (Å²) in [4.78, 5) is 114. The minimum absolute atomic E-state index is 0.0771. The van der Waals surface area contributed by atoms with Gasteiger partial charge in [0.25, 0.3) is 11.8 Å². The molecule has 5 heterocycles. The third-order valence-corrected chi connectivity index (χ3v) is 24.5. The van der Waals surface area contributed by atoms with Crippen molar-refractivity contribution in [3.63, 3.8) is 0 Å². The summed E-state index contributed by atoms with van der Waals surface area (Å²) in [6.07, 6.45) is 59.8. The van der Waals surface area contributed by atoms with Crippen LogP contribution >= 0.6 is 0 Å². The van der Waals surface area contributed by atoms with Crippen molar-refractivity contribution in [3.05, 3.63) is 320 Å². The average Bonchev–Trinajstić information content (AvgIpc) is 1.46. The van der Waals surface area contributed by atoms with Gasteiger partial charge in [-0.3, -0.25) is 53.0 Å². The van der Waals surface area contributed by atoms with Crippen LogP contribution in [0.1, 0.15) is 250 Å². The molecule has 5 fully saturated rings. The summed E-state index contributed by atoms with van der Waals surface area (Å²) in [5.74, 6) is 1.16. The number of allylic oxidation sites excluding steroid dienone is 6. The molecule has 5 saturated heterocycles. The Hall–Kier alpha value is -14.2. The Balaban J connectivity index is 0.000000226. The zero-order chi connectivity index (χ0) is 103. The molecule has 8 N–H and O–H groups in total. The van der Waals surface area contributed by atoms with E-state index in [1.54, 1.807) is 135 Å². The number of phenolic OH excluding ortho intramolecular Hbond substituents is 6. The number of unbranched alkanes of at least 4 members (excludes halogenated alkanes) is 5. The smallest absolute Gasteiger partial charge is 0.253 e. The molecule has 13 rings (SSSR count). The van der Waals surface area contributed by atoms with E-state index >= 15 is 0 Å². The highest BCUT2D eigenvalue weighted by molar-refractivity contribution is 6.04. The molecule has 0 aromatic heterocycles. The third-order valence-electron chi connectivity index (χ3n) is 24.5. The van der Waals surface area contributed by atoms with Crippen LogP contribution in [0.25, 0.3) is 36.5 Å². The average molecular weight is 1930 g/mol. The van der Waals surface area contributed by atoms with Crippen LogP contribution in [0.5, 0.6) is 34.5 Å². The summed E-state index contributed by atoms with van der Waals surface area (Å²) in [5.41, 5.74) is 15.1. The fourth-order valence-electron chi connectivity index (χ4n) is 15.7. The lowest BCUT2D eigenvalue weighted by Gasteiger charge is -2.26. The lowest BCUT2D eigenvalue weighted by Crippen LogP contribution is -2.39. The highest BCUT2D eigenvalue weighted by Crippen LogP contribution is 2.26. The van der Waals surface area contributed by atoms with Gasteiger partial charge in [0.1, 0.15) is 34.5 Å². The van der Waals surface area contributed by atoms with Gasteiger partial charge in [-0.25, -0.2) is 0 Å². The predicted molar refractivity (Wildman–Crippen MR) is 574 cm³/mol. The van der Waals surface area contributed by atoms with Crippen molar-refractivity contribution in [2.75, 3.05) is 65.4 Å². The molecule has 0 bridgehead atoms. The predicted octanol–water partition coefficient (Wildman–Crippen LogP) is 22.9. The first kappa shape index (κ1) is 115. The van der Waals surface area contributed by atoms with Crippen LogP contribution in [0.4, 0.5) is 0 Å². The number of carbonyl (C=O) groups excluding carboxylic acids is 9. The summed E-state index contributed by atoms with van der Waals surface area (Å²) in [7, 11) is 0. The van der Waals surface area contributed by atoms with Crippen molar-refractivity contribution in [1.82, 2.24) is 35.1 Å². The van der Waals surface area contributed by atoms with Gasteiger partial charge in [-0.05, 0) is 371 Å². The van der Waals surface area contributed by atoms with E-state index < -0.39 is 0 Å². The van der Waals surface area contributed by atoms with E-state index in [0.717, 1.165) is 202 Å². The molecule has 8 aromatic rings. The molecular formula is C120H151N7O15. The van der Waals surface area contributed by atoms with Crippen molar-refractivity contribution >= 4 is 89.6 Å². The number of aromatic hydroxyl groups is 6. The van der Waals surface area contributed by atoms with Crippen LogP contribution in [0.15, 0.2) is 231 Å². The Morgan fingerprint density at radius 1 is 0.303 bits per heavy atom. The van der Waals surface area contributed by atoms with Gasteiger partial charge in [-0.1, -0.05) is 159 Å². The van der Waals surface area contributed by atoms with Gasteiger partial charge in [0.05, 0.1) is 0 Å². The maximum atomic E-state index is 12.0. The van der Waals surface area contributed by atoms with E-state index in [2.05, 4.69) is 121 Å². The molecule has 756 valence electrons. The number of carbonyl (C=O) groups is 9. The number of benzene rings is 8. The van der Waals surface area contributed by atoms with Crippen molar-refractivity contribution in [1.29, 1.82) is 0 Å². The molecule has 142 heavy (non-hydrogen) atoms. The lowest BCUT2D eigenvalue weighted by molar-refractivity contribution is -0.144. The first-order chi connectivity index (χ1) is 68.4. The molecule has 0 aliphatic carbocycles. The first-order valence-corrected chi connectivity index (χ1v) is 50.4. The monoisotopic (exact) mass is 1930 g/mol. The van der Waals surface area contributed by atoms with Gasteiger partial charge in [0, 0.05) is 121 Å². The Kier molecular flexibility index (Phi) is 52.5. The van der Waals surface area contributed by atoms with Crippen molar-refractivity contribution in [2.24, 2.45) is 0 Å². The molecule has 0 unspecified atom stereocenters. The van der Waals surface area contributed by atoms with E-state index in [1.807, 2.05) is 73.9 Å². The number of amides is 9. The Morgan fingerprint density at radius 3 is 0.979 bits per heavy atom. The molecule has 8 aromatic carbocycles. The van der Waals surface area contributed by atoms with Gasteiger partial charge < -0.3 is 56.0 Å². The number of hydrogen-bond acceptors (Lipinski definition) is 15. The van der Waals surface area contributed by atoms with Crippen molar-refractivity contribution < 1.29 is 73.8 Å². The van der Waals surface area contributed by atoms with E-state index in [1.165, 1.54) is 114 Å². The fraction of sp³-hybridized carbons (Fsp3) is 0.375. The summed E-state index contributed by atoms with van der Waals surface area (Å²) in [5, 5.41) is 62.3.